The first-order valence-electron chi connectivity index (χ1n) is 8.69. The van der Waals surface area contributed by atoms with E-state index in [2.05, 4.69) is 18.2 Å². The third-order valence-electron chi connectivity index (χ3n) is 5.40. The second kappa shape index (κ2) is 9.76. The Bertz CT molecular complexity index is 539. The van der Waals surface area contributed by atoms with E-state index in [9.17, 15) is 4.79 Å². The Hall–Kier alpha value is -0.820. The van der Waals surface area contributed by atoms with Gasteiger partial charge in [0.25, 0.3) is 0 Å². The zero-order valence-electron chi connectivity index (χ0n) is 14.9. The molecule has 3 heterocycles. The van der Waals surface area contributed by atoms with Gasteiger partial charge in [0.2, 0.25) is 5.91 Å². The van der Waals surface area contributed by atoms with Crippen LogP contribution in [0.4, 0.5) is 0 Å². The molecule has 0 atom stereocenters. The molecule has 0 saturated carbocycles. The van der Waals surface area contributed by atoms with Crippen LogP contribution in [0.5, 0.6) is 0 Å². The number of amides is 1. The average molecular weight is 393 g/mol. The van der Waals surface area contributed by atoms with Crippen LogP contribution in [0.2, 0.25) is 0 Å². The second-order valence-corrected chi connectivity index (χ2v) is 7.07. The molecule has 0 bridgehead atoms. The first kappa shape index (κ1) is 22.2. The minimum Gasteiger partial charge on any atom is -0.381 e. The fourth-order valence-corrected chi connectivity index (χ4v) is 3.75. The summed E-state index contributed by atoms with van der Waals surface area (Å²) >= 11 is 0. The third kappa shape index (κ3) is 5.09. The number of halogens is 2. The van der Waals surface area contributed by atoms with Gasteiger partial charge in [0, 0.05) is 45.6 Å². The Labute approximate surface area is 162 Å². The highest BCUT2D eigenvalue weighted by Gasteiger charge is 2.42. The number of carbonyl (C=O) groups is 1. The van der Waals surface area contributed by atoms with Crippen molar-refractivity contribution in [1.29, 1.82) is 0 Å². The number of likely N-dealkylation sites (tertiary alicyclic amines) is 1. The molecule has 0 unspecified atom stereocenters. The number of nitrogens with two attached hydrogens (primary N) is 1. The van der Waals surface area contributed by atoms with E-state index in [0.717, 1.165) is 45.3 Å². The predicted molar refractivity (Wildman–Crippen MR) is 102 cm³/mol. The van der Waals surface area contributed by atoms with Crippen molar-refractivity contribution in [2.75, 3.05) is 32.8 Å². The number of hydrogen-bond acceptors (Lipinski definition) is 4. The van der Waals surface area contributed by atoms with Gasteiger partial charge in [-0.25, -0.2) is 0 Å². The van der Waals surface area contributed by atoms with Gasteiger partial charge in [0.05, 0.1) is 11.6 Å². The molecule has 1 aromatic rings. The summed E-state index contributed by atoms with van der Waals surface area (Å²) in [5, 5.41) is 4.37. The van der Waals surface area contributed by atoms with Gasteiger partial charge in [-0.2, -0.15) is 5.10 Å². The predicted octanol–water partition coefficient (Wildman–Crippen LogP) is 2.03. The molecule has 25 heavy (non-hydrogen) atoms. The number of carbonyl (C=O) groups excluding carboxylic acids is 1. The summed E-state index contributed by atoms with van der Waals surface area (Å²) in [6.07, 6.45) is 7.59. The lowest BCUT2D eigenvalue weighted by Crippen LogP contribution is -2.52. The topological polar surface area (TPSA) is 73.4 Å². The Balaban J connectivity index is 0.00000156. The fraction of sp³-hybridized carbons (Fsp3) is 0.765. The lowest BCUT2D eigenvalue weighted by atomic mass is 9.78. The zero-order chi connectivity index (χ0) is 16.3. The van der Waals surface area contributed by atoms with Gasteiger partial charge in [0.15, 0.2) is 0 Å². The number of aromatic nitrogens is 2. The SMILES string of the molecule is Cc1cnn(CC2CCN(C(=O)C3(CN)CCOCC3)CC2)c1.Cl.Cl. The first-order valence-corrected chi connectivity index (χ1v) is 8.69. The Morgan fingerprint density at radius 3 is 2.48 bits per heavy atom. The van der Waals surface area contributed by atoms with E-state index in [0.29, 0.717) is 25.7 Å². The number of ether oxygens (including phenoxy) is 1. The van der Waals surface area contributed by atoms with Crippen molar-refractivity contribution in [2.45, 2.75) is 39.2 Å². The molecule has 2 fully saturated rings. The average Bonchev–Trinajstić information content (AvgIpc) is 3.00. The summed E-state index contributed by atoms with van der Waals surface area (Å²) in [5.74, 6) is 0.846. The Kier molecular flexibility index (Phi) is 8.68. The number of piperidine rings is 1. The Morgan fingerprint density at radius 1 is 1.32 bits per heavy atom. The maximum Gasteiger partial charge on any atom is 0.230 e. The molecule has 0 radical (unpaired) electrons. The van der Waals surface area contributed by atoms with E-state index < -0.39 is 0 Å². The van der Waals surface area contributed by atoms with E-state index in [4.69, 9.17) is 10.5 Å². The summed E-state index contributed by atoms with van der Waals surface area (Å²) in [6.45, 7) is 6.42. The molecule has 2 saturated heterocycles. The molecule has 8 heteroatoms. The molecule has 2 aliphatic rings. The molecular weight excluding hydrogens is 363 g/mol. The van der Waals surface area contributed by atoms with E-state index in [1.165, 1.54) is 5.56 Å². The largest absolute Gasteiger partial charge is 0.381 e. The maximum absolute atomic E-state index is 12.9. The smallest absolute Gasteiger partial charge is 0.230 e. The van der Waals surface area contributed by atoms with Crippen molar-refractivity contribution >= 4 is 30.7 Å². The molecule has 3 rings (SSSR count). The highest BCUT2D eigenvalue weighted by Crippen LogP contribution is 2.33. The second-order valence-electron chi connectivity index (χ2n) is 7.07. The molecule has 0 aromatic carbocycles. The van der Waals surface area contributed by atoms with E-state index >= 15 is 0 Å². The number of rotatable bonds is 4. The lowest BCUT2D eigenvalue weighted by Gasteiger charge is -2.41. The minimum atomic E-state index is -0.385. The minimum absolute atomic E-state index is 0. The molecule has 2 N–H and O–H groups in total. The van der Waals surface area contributed by atoms with Gasteiger partial charge in [-0.1, -0.05) is 0 Å². The van der Waals surface area contributed by atoms with Gasteiger partial charge in [-0.05, 0) is 44.1 Å². The van der Waals surface area contributed by atoms with E-state index in [-0.39, 0.29) is 36.1 Å². The summed E-state index contributed by atoms with van der Waals surface area (Å²) in [6, 6.07) is 0. The van der Waals surface area contributed by atoms with Crippen LogP contribution in [0.3, 0.4) is 0 Å². The van der Waals surface area contributed by atoms with Crippen LogP contribution in [0.1, 0.15) is 31.2 Å². The van der Waals surface area contributed by atoms with Crippen LogP contribution < -0.4 is 5.73 Å². The highest BCUT2D eigenvalue weighted by molar-refractivity contribution is 5.85. The van der Waals surface area contributed by atoms with Crippen molar-refractivity contribution in [1.82, 2.24) is 14.7 Å². The summed E-state index contributed by atoms with van der Waals surface area (Å²) in [7, 11) is 0. The van der Waals surface area contributed by atoms with Crippen LogP contribution in [-0.2, 0) is 16.1 Å². The first-order chi connectivity index (χ1) is 11.1. The molecular formula is C17H30Cl2N4O2. The number of aryl methyl sites for hydroxylation is 1. The van der Waals surface area contributed by atoms with Gasteiger partial charge in [0.1, 0.15) is 0 Å². The molecule has 0 spiro atoms. The number of hydrogen-bond donors (Lipinski definition) is 1. The Morgan fingerprint density at radius 2 is 1.96 bits per heavy atom. The van der Waals surface area contributed by atoms with Crippen LogP contribution in [-0.4, -0.2) is 53.4 Å². The molecule has 1 amide bonds. The van der Waals surface area contributed by atoms with Crippen LogP contribution in [0, 0.1) is 18.3 Å². The van der Waals surface area contributed by atoms with Crippen LogP contribution in [0.25, 0.3) is 0 Å². The van der Waals surface area contributed by atoms with E-state index in [1.807, 2.05) is 15.8 Å². The van der Waals surface area contributed by atoms with Crippen molar-refractivity contribution in [3.8, 4) is 0 Å². The van der Waals surface area contributed by atoms with Crippen LogP contribution >= 0.6 is 24.8 Å². The third-order valence-corrected chi connectivity index (χ3v) is 5.40. The van der Waals surface area contributed by atoms with Gasteiger partial charge >= 0.3 is 0 Å². The normalized spacial score (nSPS) is 20.5. The standard InChI is InChI=1S/C17H28N4O2.2ClH/c1-14-10-19-21(11-14)12-15-2-6-20(7-3-15)16(22)17(13-18)4-8-23-9-5-17;;/h10-11,15H,2-9,12-13,18H2,1H3;2*1H. The lowest BCUT2D eigenvalue weighted by molar-refractivity contribution is -0.148. The number of nitrogens with zero attached hydrogens (tertiary/aromatic N) is 3. The fourth-order valence-electron chi connectivity index (χ4n) is 3.75. The monoisotopic (exact) mass is 392 g/mol. The maximum atomic E-state index is 12.9. The highest BCUT2D eigenvalue weighted by atomic mass is 35.5. The zero-order valence-corrected chi connectivity index (χ0v) is 16.5. The summed E-state index contributed by atoms with van der Waals surface area (Å²) in [5.41, 5.74) is 6.77. The molecule has 2 aliphatic heterocycles. The molecule has 0 aliphatic carbocycles. The molecule has 144 valence electrons. The van der Waals surface area contributed by atoms with Gasteiger partial charge < -0.3 is 15.4 Å². The van der Waals surface area contributed by atoms with Crippen molar-refractivity contribution in [3.05, 3.63) is 18.0 Å². The molecule has 6 nitrogen and oxygen atoms in total. The quantitative estimate of drug-likeness (QED) is 0.850. The van der Waals surface area contributed by atoms with Crippen LogP contribution in [0.15, 0.2) is 12.4 Å². The van der Waals surface area contributed by atoms with E-state index in [1.54, 1.807) is 0 Å². The van der Waals surface area contributed by atoms with Crippen molar-refractivity contribution in [3.63, 3.8) is 0 Å². The van der Waals surface area contributed by atoms with Crippen molar-refractivity contribution < 1.29 is 9.53 Å². The van der Waals surface area contributed by atoms with Gasteiger partial charge in [-0.15, -0.1) is 24.8 Å². The van der Waals surface area contributed by atoms with Gasteiger partial charge in [-0.3, -0.25) is 9.48 Å². The van der Waals surface area contributed by atoms with Crippen molar-refractivity contribution in [2.24, 2.45) is 17.1 Å². The summed E-state index contributed by atoms with van der Waals surface area (Å²) in [4.78, 5) is 15.0. The molecule has 1 aromatic heterocycles. The summed E-state index contributed by atoms with van der Waals surface area (Å²) < 4.78 is 7.44.